The first-order chi connectivity index (χ1) is 9.89. The van der Waals surface area contributed by atoms with Crippen LogP contribution in [-0.2, 0) is 12.7 Å². The summed E-state index contributed by atoms with van der Waals surface area (Å²) in [5.41, 5.74) is 5.66. The standard InChI is InChI=1S/C15H16F3N3/c1-9-5-4-8-21-13(19)12(20-14(9)21)10-6-2-3-7-11(10)15(16,17)18/h2-3,6-7,9H,4-5,8,19H2,1H3. The third-order valence-corrected chi connectivity index (χ3v) is 3.98. The van der Waals surface area contributed by atoms with E-state index in [0.717, 1.165) is 24.7 Å². The highest BCUT2D eigenvalue weighted by molar-refractivity contribution is 5.74. The van der Waals surface area contributed by atoms with Gasteiger partial charge in [0.1, 0.15) is 17.3 Å². The predicted octanol–water partition coefficient (Wildman–Crippen LogP) is 4.05. The van der Waals surface area contributed by atoms with Crippen LogP contribution in [0.1, 0.15) is 37.1 Å². The predicted molar refractivity (Wildman–Crippen MR) is 74.7 cm³/mol. The summed E-state index contributed by atoms with van der Waals surface area (Å²) in [6.45, 7) is 2.74. The zero-order valence-electron chi connectivity index (χ0n) is 11.6. The molecule has 3 nitrogen and oxygen atoms in total. The molecular formula is C15H16F3N3. The molecule has 0 aliphatic carbocycles. The van der Waals surface area contributed by atoms with Crippen LogP contribution in [0.5, 0.6) is 0 Å². The van der Waals surface area contributed by atoms with Crippen molar-refractivity contribution in [3.05, 3.63) is 35.7 Å². The summed E-state index contributed by atoms with van der Waals surface area (Å²) in [4.78, 5) is 4.41. The molecule has 0 spiro atoms. The van der Waals surface area contributed by atoms with Crippen LogP contribution in [-0.4, -0.2) is 9.55 Å². The van der Waals surface area contributed by atoms with E-state index in [1.165, 1.54) is 12.1 Å². The molecule has 112 valence electrons. The monoisotopic (exact) mass is 295 g/mol. The number of alkyl halides is 3. The fraction of sp³-hybridized carbons (Fsp3) is 0.400. The van der Waals surface area contributed by atoms with E-state index < -0.39 is 11.7 Å². The van der Waals surface area contributed by atoms with E-state index in [1.807, 2.05) is 11.5 Å². The highest BCUT2D eigenvalue weighted by Crippen LogP contribution is 2.40. The van der Waals surface area contributed by atoms with Crippen molar-refractivity contribution in [2.45, 2.75) is 38.4 Å². The third kappa shape index (κ3) is 2.28. The van der Waals surface area contributed by atoms with Gasteiger partial charge >= 0.3 is 6.18 Å². The Morgan fingerprint density at radius 1 is 1.29 bits per heavy atom. The van der Waals surface area contributed by atoms with Gasteiger partial charge in [0, 0.05) is 18.0 Å². The second-order valence-corrected chi connectivity index (χ2v) is 5.44. The minimum absolute atomic E-state index is 0.0524. The molecule has 0 radical (unpaired) electrons. The first kappa shape index (κ1) is 14.0. The number of anilines is 1. The Labute approximate surface area is 120 Å². The molecule has 0 saturated heterocycles. The lowest BCUT2D eigenvalue weighted by Crippen LogP contribution is -2.15. The molecule has 1 aromatic carbocycles. The summed E-state index contributed by atoms with van der Waals surface area (Å²) >= 11 is 0. The molecule has 1 aromatic heterocycles. The average molecular weight is 295 g/mol. The molecule has 2 aromatic rings. The summed E-state index contributed by atoms with van der Waals surface area (Å²) in [5, 5.41) is 0. The van der Waals surface area contributed by atoms with Crippen molar-refractivity contribution in [3.63, 3.8) is 0 Å². The van der Waals surface area contributed by atoms with Crippen LogP contribution in [0.2, 0.25) is 0 Å². The molecule has 2 heterocycles. The van der Waals surface area contributed by atoms with Gasteiger partial charge in [0.2, 0.25) is 0 Å². The summed E-state index contributed by atoms with van der Waals surface area (Å²) in [6, 6.07) is 5.45. The average Bonchev–Trinajstić information content (AvgIpc) is 2.77. The van der Waals surface area contributed by atoms with Gasteiger partial charge in [0.05, 0.1) is 5.56 Å². The molecule has 0 saturated carbocycles. The maximum Gasteiger partial charge on any atom is 0.417 e. The van der Waals surface area contributed by atoms with E-state index in [4.69, 9.17) is 5.73 Å². The second-order valence-electron chi connectivity index (χ2n) is 5.44. The van der Waals surface area contributed by atoms with Crippen molar-refractivity contribution in [1.82, 2.24) is 9.55 Å². The maximum atomic E-state index is 13.2. The van der Waals surface area contributed by atoms with Crippen LogP contribution in [0.3, 0.4) is 0 Å². The topological polar surface area (TPSA) is 43.8 Å². The number of rotatable bonds is 1. The number of fused-ring (bicyclic) bond motifs is 1. The zero-order chi connectivity index (χ0) is 15.2. The summed E-state index contributed by atoms with van der Waals surface area (Å²) < 4.78 is 41.3. The van der Waals surface area contributed by atoms with Crippen LogP contribution in [0, 0.1) is 0 Å². The van der Waals surface area contributed by atoms with E-state index in [0.29, 0.717) is 12.4 Å². The van der Waals surface area contributed by atoms with Crippen LogP contribution < -0.4 is 5.73 Å². The van der Waals surface area contributed by atoms with Gasteiger partial charge in [-0.2, -0.15) is 13.2 Å². The molecule has 0 fully saturated rings. The summed E-state index contributed by atoms with van der Waals surface area (Å²) in [5.74, 6) is 1.33. The van der Waals surface area contributed by atoms with E-state index in [1.54, 1.807) is 6.07 Å². The Morgan fingerprint density at radius 3 is 2.67 bits per heavy atom. The Hall–Kier alpha value is -1.98. The zero-order valence-corrected chi connectivity index (χ0v) is 11.6. The molecule has 0 amide bonds. The SMILES string of the molecule is CC1CCCn2c1nc(-c1ccccc1C(F)(F)F)c2N. The fourth-order valence-electron chi connectivity index (χ4n) is 2.91. The van der Waals surface area contributed by atoms with Gasteiger partial charge in [-0.25, -0.2) is 4.98 Å². The highest BCUT2D eigenvalue weighted by Gasteiger charge is 2.35. The quantitative estimate of drug-likeness (QED) is 0.862. The van der Waals surface area contributed by atoms with Crippen LogP contribution in [0.15, 0.2) is 24.3 Å². The van der Waals surface area contributed by atoms with Crippen molar-refractivity contribution >= 4 is 5.82 Å². The van der Waals surface area contributed by atoms with Gasteiger partial charge < -0.3 is 10.3 Å². The number of halogens is 3. The number of hydrogen-bond donors (Lipinski definition) is 1. The second kappa shape index (κ2) is 4.79. The largest absolute Gasteiger partial charge is 0.417 e. The van der Waals surface area contributed by atoms with E-state index in [9.17, 15) is 13.2 Å². The molecule has 1 aliphatic heterocycles. The normalized spacial score (nSPS) is 18.6. The lowest BCUT2D eigenvalue weighted by Gasteiger charge is -2.20. The number of aromatic nitrogens is 2. The molecule has 3 rings (SSSR count). The summed E-state index contributed by atoms with van der Waals surface area (Å²) in [6.07, 6.45) is -2.47. The van der Waals surface area contributed by atoms with Gasteiger partial charge in [-0.3, -0.25) is 0 Å². The minimum atomic E-state index is -4.42. The molecule has 1 unspecified atom stereocenters. The Bertz CT molecular complexity index is 673. The first-order valence-corrected chi connectivity index (χ1v) is 6.92. The fourth-order valence-corrected chi connectivity index (χ4v) is 2.91. The number of nitrogen functional groups attached to an aromatic ring is 1. The van der Waals surface area contributed by atoms with Crippen molar-refractivity contribution in [1.29, 1.82) is 0 Å². The van der Waals surface area contributed by atoms with Crippen molar-refractivity contribution < 1.29 is 13.2 Å². The molecule has 21 heavy (non-hydrogen) atoms. The highest BCUT2D eigenvalue weighted by atomic mass is 19.4. The maximum absolute atomic E-state index is 13.2. The number of hydrogen-bond acceptors (Lipinski definition) is 2. The van der Waals surface area contributed by atoms with Gasteiger partial charge in [-0.1, -0.05) is 25.1 Å². The van der Waals surface area contributed by atoms with Gasteiger partial charge in [0.15, 0.2) is 0 Å². The van der Waals surface area contributed by atoms with Crippen LogP contribution >= 0.6 is 0 Å². The van der Waals surface area contributed by atoms with Crippen LogP contribution in [0.25, 0.3) is 11.3 Å². The molecule has 2 N–H and O–H groups in total. The van der Waals surface area contributed by atoms with E-state index in [2.05, 4.69) is 4.98 Å². The Morgan fingerprint density at radius 2 is 2.00 bits per heavy atom. The molecular weight excluding hydrogens is 279 g/mol. The van der Waals surface area contributed by atoms with Crippen molar-refractivity contribution in [2.75, 3.05) is 5.73 Å². The van der Waals surface area contributed by atoms with Crippen molar-refractivity contribution in [2.24, 2.45) is 0 Å². The minimum Gasteiger partial charge on any atom is -0.383 e. The molecule has 1 atom stereocenters. The number of benzene rings is 1. The first-order valence-electron chi connectivity index (χ1n) is 6.92. The molecule has 0 bridgehead atoms. The van der Waals surface area contributed by atoms with Gasteiger partial charge in [-0.15, -0.1) is 0 Å². The lowest BCUT2D eigenvalue weighted by molar-refractivity contribution is -0.137. The van der Waals surface area contributed by atoms with E-state index >= 15 is 0 Å². The Kier molecular flexibility index (Phi) is 3.19. The van der Waals surface area contributed by atoms with Crippen molar-refractivity contribution in [3.8, 4) is 11.3 Å². The number of nitrogens with zero attached hydrogens (tertiary/aromatic N) is 2. The van der Waals surface area contributed by atoms with E-state index in [-0.39, 0.29) is 17.2 Å². The molecule has 1 aliphatic rings. The molecule has 6 heteroatoms. The summed E-state index contributed by atoms with van der Waals surface area (Å²) in [7, 11) is 0. The number of nitrogens with two attached hydrogens (primary N) is 1. The third-order valence-electron chi connectivity index (χ3n) is 3.98. The lowest BCUT2D eigenvalue weighted by atomic mass is 10.0. The van der Waals surface area contributed by atoms with Crippen LogP contribution in [0.4, 0.5) is 19.0 Å². The van der Waals surface area contributed by atoms with Gasteiger partial charge in [0.25, 0.3) is 0 Å². The Balaban J connectivity index is 2.19. The van der Waals surface area contributed by atoms with Gasteiger partial charge in [-0.05, 0) is 18.9 Å². The smallest absolute Gasteiger partial charge is 0.383 e. The number of imidazole rings is 1.